The molecule has 0 aliphatic carbocycles. The van der Waals surface area contributed by atoms with Crippen LogP contribution in [0.4, 0.5) is 10.5 Å². The molecule has 0 saturated carbocycles. The van der Waals surface area contributed by atoms with Gasteiger partial charge in [0.15, 0.2) is 23.3 Å². The Bertz CT molecular complexity index is 1420. The highest BCUT2D eigenvalue weighted by Crippen LogP contribution is 2.37. The van der Waals surface area contributed by atoms with Gasteiger partial charge in [-0.1, -0.05) is 30.3 Å². The molecule has 2 aromatic carbocycles. The van der Waals surface area contributed by atoms with Gasteiger partial charge in [0.05, 0.1) is 4.92 Å². The molecule has 42 heavy (non-hydrogen) atoms. The maximum absolute atomic E-state index is 13.3. The molecule has 14 nitrogen and oxygen atoms in total. The molecule has 15 heteroatoms. The van der Waals surface area contributed by atoms with Gasteiger partial charge >= 0.3 is 12.1 Å². The Hall–Kier alpha value is -4.63. The molecule has 4 atom stereocenters. The van der Waals surface area contributed by atoms with Crippen LogP contribution in [0.15, 0.2) is 66.1 Å². The first kappa shape index (κ1) is 30.3. The van der Waals surface area contributed by atoms with E-state index in [0.717, 1.165) is 4.90 Å². The number of carbonyl (C=O) groups excluding carboxylic acids is 4. The van der Waals surface area contributed by atoms with Crippen molar-refractivity contribution >= 4 is 40.7 Å². The van der Waals surface area contributed by atoms with E-state index in [2.05, 4.69) is 10.6 Å². The van der Waals surface area contributed by atoms with Crippen molar-refractivity contribution in [2.24, 2.45) is 0 Å². The summed E-state index contributed by atoms with van der Waals surface area (Å²) in [4.78, 5) is 62.9. The Morgan fingerprint density at radius 2 is 1.79 bits per heavy atom. The predicted octanol–water partition coefficient (Wildman–Crippen LogP) is 2.09. The highest BCUT2D eigenvalue weighted by atomic mass is 32.2. The molecule has 0 spiro atoms. The molecule has 2 heterocycles. The fourth-order valence-electron chi connectivity index (χ4n) is 4.29. The van der Waals surface area contributed by atoms with Gasteiger partial charge in [-0.05, 0) is 55.2 Å². The Kier molecular flexibility index (Phi) is 8.72. The van der Waals surface area contributed by atoms with Gasteiger partial charge in [-0.3, -0.25) is 24.6 Å². The summed E-state index contributed by atoms with van der Waals surface area (Å²) in [5.41, 5.74) is -0.707. The maximum atomic E-state index is 13.3. The van der Waals surface area contributed by atoms with E-state index in [1.54, 1.807) is 51.1 Å². The lowest BCUT2D eigenvalue weighted by molar-refractivity contribution is -0.384. The topological polar surface area (TPSA) is 200 Å². The number of aliphatic hydroxyl groups excluding tert-OH is 1. The van der Waals surface area contributed by atoms with Crippen molar-refractivity contribution < 1.29 is 43.2 Å². The summed E-state index contributed by atoms with van der Waals surface area (Å²) in [5.74, 6) is -3.78. The summed E-state index contributed by atoms with van der Waals surface area (Å²) < 4.78 is 23.4. The van der Waals surface area contributed by atoms with Crippen LogP contribution in [-0.4, -0.2) is 66.1 Å². The summed E-state index contributed by atoms with van der Waals surface area (Å²) in [6.45, 7) is 4.64. The van der Waals surface area contributed by atoms with Crippen LogP contribution in [0, 0.1) is 10.1 Å². The number of β-lactam (4-membered cyclic amide) rings is 1. The average molecular weight is 601 g/mol. The number of amides is 3. The van der Waals surface area contributed by atoms with E-state index in [9.17, 15) is 39.0 Å². The van der Waals surface area contributed by atoms with Crippen LogP contribution in [0.5, 0.6) is 0 Å². The van der Waals surface area contributed by atoms with Gasteiger partial charge in [0.2, 0.25) is 11.3 Å². The second-order valence-electron chi connectivity index (χ2n) is 10.4. The molecule has 0 bridgehead atoms. The molecule has 0 radical (unpaired) electrons. The molecule has 222 valence electrons. The molecule has 4 rings (SSSR count). The highest BCUT2D eigenvalue weighted by Gasteiger charge is 2.61. The third-order valence-corrected chi connectivity index (χ3v) is 7.75. The number of nitro benzene ring substituents is 1. The van der Waals surface area contributed by atoms with Gasteiger partial charge in [-0.25, -0.2) is 9.59 Å². The lowest BCUT2D eigenvalue weighted by Gasteiger charge is -2.48. The molecule has 3 amide bonds. The molecule has 0 aromatic heterocycles. The minimum Gasteiger partial charge on any atom is -0.614 e. The van der Waals surface area contributed by atoms with E-state index < -0.39 is 80.2 Å². The van der Waals surface area contributed by atoms with Crippen molar-refractivity contribution in [2.45, 2.75) is 50.4 Å². The second-order valence-corrected chi connectivity index (χ2v) is 11.9. The van der Waals surface area contributed by atoms with Gasteiger partial charge in [0, 0.05) is 12.1 Å². The second kappa shape index (κ2) is 12.1. The normalized spacial score (nSPS) is 20.5. The van der Waals surface area contributed by atoms with Crippen molar-refractivity contribution in [3.63, 3.8) is 0 Å². The van der Waals surface area contributed by atoms with Gasteiger partial charge in [-0.2, -0.15) is 0 Å². The lowest BCUT2D eigenvalue weighted by atomic mass is 10.0. The number of carbonyl (C=O) groups is 4. The van der Waals surface area contributed by atoms with E-state index in [0.29, 0.717) is 11.1 Å². The monoisotopic (exact) mass is 600 g/mol. The van der Waals surface area contributed by atoms with Gasteiger partial charge < -0.3 is 29.8 Å². The molecule has 2 aliphatic rings. The van der Waals surface area contributed by atoms with E-state index in [1.165, 1.54) is 24.3 Å². The Morgan fingerprint density at radius 3 is 2.38 bits per heavy atom. The van der Waals surface area contributed by atoms with Gasteiger partial charge in [-0.15, -0.1) is 0 Å². The fourth-order valence-corrected chi connectivity index (χ4v) is 5.80. The van der Waals surface area contributed by atoms with E-state index in [1.807, 2.05) is 0 Å². The average Bonchev–Trinajstić information content (AvgIpc) is 2.92. The third kappa shape index (κ3) is 6.63. The van der Waals surface area contributed by atoms with Crippen molar-refractivity contribution in [3.05, 3.63) is 87.3 Å². The molecule has 1 fully saturated rings. The van der Waals surface area contributed by atoms with Crippen LogP contribution in [0.2, 0.25) is 0 Å². The number of non-ortho nitro benzene ring substituents is 1. The lowest BCUT2D eigenvalue weighted by Crippen LogP contribution is -2.75. The number of aliphatic hydroxyl groups is 1. The number of ether oxygens (including phenoxy) is 2. The zero-order valence-electron chi connectivity index (χ0n) is 22.8. The summed E-state index contributed by atoms with van der Waals surface area (Å²) in [6.07, 6.45) is -0.875. The quantitative estimate of drug-likeness (QED) is 0.132. The van der Waals surface area contributed by atoms with Crippen LogP contribution in [-0.2, 0) is 41.6 Å². The van der Waals surface area contributed by atoms with Gasteiger partial charge in [0.1, 0.15) is 18.2 Å². The van der Waals surface area contributed by atoms with E-state index >= 15 is 0 Å². The van der Waals surface area contributed by atoms with Crippen LogP contribution in [0.3, 0.4) is 0 Å². The number of alkyl carbamates (subject to hydrolysis) is 1. The number of nitro groups is 1. The number of nitrogens with one attached hydrogen (secondary N) is 2. The number of esters is 1. The van der Waals surface area contributed by atoms with Crippen LogP contribution in [0.1, 0.15) is 37.9 Å². The van der Waals surface area contributed by atoms with E-state index in [4.69, 9.17) is 9.47 Å². The zero-order valence-corrected chi connectivity index (χ0v) is 23.6. The number of benzene rings is 2. The molecule has 2 unspecified atom stereocenters. The number of hydrogen-bond donors (Lipinski definition) is 3. The Balaban J connectivity index is 1.47. The summed E-state index contributed by atoms with van der Waals surface area (Å²) in [6, 6.07) is 10.8. The first-order valence-corrected chi connectivity index (χ1v) is 14.0. The minimum absolute atomic E-state index is 0.155. The zero-order chi connectivity index (χ0) is 30.8. The standard InChI is InChI=1S/C27H28N4O10S/c1-27(2,3)41-26(36)29-19(16-7-5-4-6-8-16)22(33)28-20-23(34)30-21(18(32)14-42(39)24(20)30)25(35)40-13-15-9-11-17(12-10-15)31(37)38/h4-12,19-20,24,32H,13-14H2,1-3H3,(H,28,33)(H,29,36)/t19?,20-,24+,42?/m1/s1. The third-order valence-electron chi connectivity index (χ3n) is 6.17. The SMILES string of the molecule is CC(C)(C)OC(=O)NC(C(=O)N[C@@H]1C(=O)N2C(C(=O)OCc3ccc([N+](=O)[O-])cc3)=C(O)C[S+]([O-])[C@@H]12)c1ccccc1. The van der Waals surface area contributed by atoms with Crippen LogP contribution < -0.4 is 10.6 Å². The molecular formula is C27H28N4O10S. The molecule has 1 saturated heterocycles. The molecule has 2 aromatic rings. The number of fused-ring (bicyclic) bond motifs is 1. The molecule has 3 N–H and O–H groups in total. The summed E-state index contributed by atoms with van der Waals surface area (Å²) in [7, 11) is 0. The van der Waals surface area contributed by atoms with E-state index in [-0.39, 0.29) is 12.3 Å². The van der Waals surface area contributed by atoms with Crippen molar-refractivity contribution in [3.8, 4) is 0 Å². The van der Waals surface area contributed by atoms with Crippen molar-refractivity contribution in [2.75, 3.05) is 5.75 Å². The molecular weight excluding hydrogens is 572 g/mol. The van der Waals surface area contributed by atoms with Crippen molar-refractivity contribution in [1.29, 1.82) is 0 Å². The highest BCUT2D eigenvalue weighted by molar-refractivity contribution is 7.92. The van der Waals surface area contributed by atoms with Crippen LogP contribution in [0.25, 0.3) is 0 Å². The maximum Gasteiger partial charge on any atom is 0.408 e. The summed E-state index contributed by atoms with van der Waals surface area (Å²) in [5, 5.41) is 25.0. The largest absolute Gasteiger partial charge is 0.614 e. The predicted molar refractivity (Wildman–Crippen MR) is 147 cm³/mol. The molecule has 2 aliphatic heterocycles. The number of rotatable bonds is 8. The first-order chi connectivity index (χ1) is 19.8. The van der Waals surface area contributed by atoms with Crippen LogP contribution >= 0.6 is 0 Å². The smallest absolute Gasteiger partial charge is 0.408 e. The van der Waals surface area contributed by atoms with Gasteiger partial charge in [0.25, 0.3) is 11.6 Å². The first-order valence-electron chi connectivity index (χ1n) is 12.6. The number of hydrogen-bond acceptors (Lipinski definition) is 10. The number of nitrogens with zero attached hydrogens (tertiary/aromatic N) is 2. The fraction of sp³-hybridized carbons (Fsp3) is 0.333. The Morgan fingerprint density at radius 1 is 1.14 bits per heavy atom. The summed E-state index contributed by atoms with van der Waals surface area (Å²) >= 11 is -1.89. The Labute approximate surface area is 243 Å². The van der Waals surface area contributed by atoms with Crippen molar-refractivity contribution in [1.82, 2.24) is 15.5 Å². The minimum atomic E-state index is -1.89.